The van der Waals surface area contributed by atoms with Gasteiger partial charge in [-0.05, 0) is 74.3 Å². The zero-order valence-corrected chi connectivity index (χ0v) is 18.4. The van der Waals surface area contributed by atoms with Crippen molar-refractivity contribution in [1.82, 2.24) is 5.32 Å². The molecule has 2 heterocycles. The molecule has 0 radical (unpaired) electrons. The molecular weight excluding hydrogens is 374 g/mol. The van der Waals surface area contributed by atoms with Crippen molar-refractivity contribution in [2.75, 3.05) is 6.54 Å². The van der Waals surface area contributed by atoms with Crippen LogP contribution in [0.2, 0.25) is 0 Å². The van der Waals surface area contributed by atoms with E-state index in [-0.39, 0.29) is 23.4 Å². The summed E-state index contributed by atoms with van der Waals surface area (Å²) in [5, 5.41) is 3.82. The summed E-state index contributed by atoms with van der Waals surface area (Å²) in [5.41, 5.74) is 1.69. The smallest absolute Gasteiger partial charge is 0.310 e. The van der Waals surface area contributed by atoms with Crippen LogP contribution in [0.3, 0.4) is 0 Å². The molecule has 0 bridgehead atoms. The Kier molecular flexibility index (Phi) is 5.55. The Bertz CT molecular complexity index is 771. The van der Waals surface area contributed by atoms with E-state index in [1.807, 2.05) is 6.07 Å². The number of allylic oxidation sites excluding steroid dienone is 1. The van der Waals surface area contributed by atoms with Crippen molar-refractivity contribution in [2.45, 2.75) is 83.3 Å². The zero-order valence-electron chi connectivity index (χ0n) is 18.4. The molecule has 0 aromatic carbocycles. The van der Waals surface area contributed by atoms with Crippen LogP contribution in [0.15, 0.2) is 35.0 Å². The maximum Gasteiger partial charge on any atom is 0.310 e. The maximum absolute atomic E-state index is 12.8. The van der Waals surface area contributed by atoms with E-state index in [4.69, 9.17) is 9.15 Å². The SMILES string of the molecule is C=C1CCCC2(C)CC3OC(=O)C(CNC4CCCCC4Cc4ccco4)C3CC12. The lowest BCUT2D eigenvalue weighted by atomic mass is 9.55. The molecule has 3 aliphatic carbocycles. The van der Waals surface area contributed by atoms with Crippen LogP contribution in [-0.2, 0) is 16.0 Å². The summed E-state index contributed by atoms with van der Waals surface area (Å²) in [5.74, 6) is 2.61. The van der Waals surface area contributed by atoms with Gasteiger partial charge in [0, 0.05) is 24.9 Å². The van der Waals surface area contributed by atoms with Gasteiger partial charge in [0.25, 0.3) is 0 Å². The second-order valence-corrected chi connectivity index (χ2v) is 10.7. The molecule has 0 amide bonds. The highest BCUT2D eigenvalue weighted by Gasteiger charge is 2.55. The second kappa shape index (κ2) is 8.18. The minimum atomic E-state index is 0.000431. The summed E-state index contributed by atoms with van der Waals surface area (Å²) in [6.07, 6.45) is 13.6. The van der Waals surface area contributed by atoms with Crippen molar-refractivity contribution in [3.8, 4) is 0 Å². The van der Waals surface area contributed by atoms with Crippen LogP contribution in [0.25, 0.3) is 0 Å². The van der Waals surface area contributed by atoms with E-state index in [1.165, 1.54) is 44.1 Å². The molecule has 4 fully saturated rings. The van der Waals surface area contributed by atoms with Gasteiger partial charge in [0.15, 0.2) is 0 Å². The average molecular weight is 412 g/mol. The molecule has 4 heteroatoms. The van der Waals surface area contributed by atoms with E-state index in [9.17, 15) is 4.79 Å². The fourth-order valence-electron chi connectivity index (χ4n) is 7.18. The number of furan rings is 1. The van der Waals surface area contributed by atoms with Gasteiger partial charge in [0.2, 0.25) is 0 Å². The summed E-state index contributed by atoms with van der Waals surface area (Å²) in [4.78, 5) is 12.8. The Morgan fingerprint density at radius 3 is 2.97 bits per heavy atom. The second-order valence-electron chi connectivity index (χ2n) is 10.7. The first kappa shape index (κ1) is 20.4. The largest absolute Gasteiger partial charge is 0.469 e. The molecular formula is C26H37NO3. The van der Waals surface area contributed by atoms with Crippen LogP contribution in [0.4, 0.5) is 0 Å². The number of fused-ring (bicyclic) bond motifs is 2. The van der Waals surface area contributed by atoms with Crippen molar-refractivity contribution in [3.63, 3.8) is 0 Å². The molecule has 1 aliphatic heterocycles. The summed E-state index contributed by atoms with van der Waals surface area (Å²) >= 11 is 0. The molecule has 1 saturated heterocycles. The molecule has 3 saturated carbocycles. The normalized spacial score (nSPS) is 41.2. The first-order valence-corrected chi connectivity index (χ1v) is 12.2. The number of rotatable bonds is 5. The molecule has 7 unspecified atom stereocenters. The molecule has 164 valence electrons. The summed E-state index contributed by atoms with van der Waals surface area (Å²) in [7, 11) is 0. The van der Waals surface area contributed by atoms with Crippen LogP contribution in [0.1, 0.15) is 70.5 Å². The fourth-order valence-corrected chi connectivity index (χ4v) is 7.18. The highest BCUT2D eigenvalue weighted by molar-refractivity contribution is 5.75. The minimum absolute atomic E-state index is 0.000431. The number of hydrogen-bond donors (Lipinski definition) is 1. The van der Waals surface area contributed by atoms with Gasteiger partial charge in [0.05, 0.1) is 12.2 Å². The fraction of sp³-hybridized carbons (Fsp3) is 0.731. The van der Waals surface area contributed by atoms with E-state index in [0.29, 0.717) is 23.8 Å². The van der Waals surface area contributed by atoms with Crippen molar-refractivity contribution in [3.05, 3.63) is 36.3 Å². The number of carbonyl (C=O) groups excluding carboxylic acids is 1. The molecule has 4 nitrogen and oxygen atoms in total. The summed E-state index contributed by atoms with van der Waals surface area (Å²) in [6.45, 7) is 7.58. The highest BCUT2D eigenvalue weighted by Crippen LogP contribution is 2.56. The zero-order chi connectivity index (χ0) is 20.7. The molecule has 1 aromatic rings. The summed E-state index contributed by atoms with van der Waals surface area (Å²) < 4.78 is 11.6. The Labute approximate surface area is 180 Å². The Morgan fingerprint density at radius 1 is 1.27 bits per heavy atom. The number of esters is 1. The molecule has 0 spiro atoms. The predicted molar refractivity (Wildman–Crippen MR) is 117 cm³/mol. The van der Waals surface area contributed by atoms with Gasteiger partial charge in [-0.3, -0.25) is 4.79 Å². The predicted octanol–water partition coefficient (Wildman–Crippen LogP) is 5.28. The summed E-state index contributed by atoms with van der Waals surface area (Å²) in [6, 6.07) is 4.53. The van der Waals surface area contributed by atoms with E-state index in [1.54, 1.807) is 6.26 Å². The van der Waals surface area contributed by atoms with Crippen LogP contribution in [-0.4, -0.2) is 24.7 Å². The molecule has 5 rings (SSSR count). The molecule has 4 aliphatic rings. The van der Waals surface area contributed by atoms with Gasteiger partial charge in [-0.15, -0.1) is 0 Å². The van der Waals surface area contributed by atoms with E-state index in [2.05, 4.69) is 24.9 Å². The Balaban J connectivity index is 1.24. The lowest BCUT2D eigenvalue weighted by molar-refractivity contribution is -0.146. The van der Waals surface area contributed by atoms with Gasteiger partial charge in [-0.25, -0.2) is 0 Å². The number of carbonyl (C=O) groups is 1. The molecule has 7 atom stereocenters. The first-order valence-electron chi connectivity index (χ1n) is 12.2. The van der Waals surface area contributed by atoms with Crippen molar-refractivity contribution in [2.24, 2.45) is 29.1 Å². The van der Waals surface area contributed by atoms with Gasteiger partial charge < -0.3 is 14.5 Å². The van der Waals surface area contributed by atoms with Crippen LogP contribution in [0, 0.1) is 29.1 Å². The third-order valence-corrected chi connectivity index (χ3v) is 8.87. The van der Waals surface area contributed by atoms with Gasteiger partial charge in [-0.1, -0.05) is 31.9 Å². The van der Waals surface area contributed by atoms with E-state index in [0.717, 1.165) is 38.0 Å². The number of ether oxygens (including phenoxy) is 1. The lowest BCUT2D eigenvalue weighted by Gasteiger charge is -2.50. The molecule has 30 heavy (non-hydrogen) atoms. The average Bonchev–Trinajstić information content (AvgIpc) is 3.33. The number of hydrogen-bond acceptors (Lipinski definition) is 4. The Morgan fingerprint density at radius 2 is 2.13 bits per heavy atom. The quantitative estimate of drug-likeness (QED) is 0.529. The van der Waals surface area contributed by atoms with Gasteiger partial charge >= 0.3 is 5.97 Å². The third-order valence-electron chi connectivity index (χ3n) is 8.87. The van der Waals surface area contributed by atoms with Crippen molar-refractivity contribution >= 4 is 5.97 Å². The van der Waals surface area contributed by atoms with Crippen molar-refractivity contribution < 1.29 is 13.9 Å². The highest BCUT2D eigenvalue weighted by atomic mass is 16.6. The van der Waals surface area contributed by atoms with Crippen molar-refractivity contribution in [1.29, 1.82) is 0 Å². The van der Waals surface area contributed by atoms with Crippen LogP contribution < -0.4 is 5.32 Å². The number of nitrogens with one attached hydrogen (secondary N) is 1. The molecule has 1 N–H and O–H groups in total. The van der Waals surface area contributed by atoms with Gasteiger partial charge in [-0.2, -0.15) is 0 Å². The standard InChI is InChI=1S/C26H37NO3/c1-17-7-5-11-26(2)15-24-20(14-22(17)26)21(25(28)30-24)16-27-23-10-4-3-8-18(23)13-19-9-6-12-29-19/h6,9,12,18,20-24,27H,1,3-5,7-8,10-11,13-16H2,2H3. The lowest BCUT2D eigenvalue weighted by Crippen LogP contribution is -2.47. The Hall–Kier alpha value is -1.55. The molecule has 1 aromatic heterocycles. The first-order chi connectivity index (χ1) is 14.5. The minimum Gasteiger partial charge on any atom is -0.469 e. The topological polar surface area (TPSA) is 51.5 Å². The van der Waals surface area contributed by atoms with Crippen LogP contribution in [0.5, 0.6) is 0 Å². The third kappa shape index (κ3) is 3.77. The van der Waals surface area contributed by atoms with E-state index < -0.39 is 0 Å². The maximum atomic E-state index is 12.8. The van der Waals surface area contributed by atoms with Gasteiger partial charge in [0.1, 0.15) is 11.9 Å². The monoisotopic (exact) mass is 411 g/mol. The van der Waals surface area contributed by atoms with E-state index >= 15 is 0 Å². The van der Waals surface area contributed by atoms with Crippen LogP contribution >= 0.6 is 0 Å².